The molecule has 1 aromatic rings. The molecule has 0 aliphatic carbocycles. The number of nitrogen functional groups attached to an aromatic ring is 1. The quantitative estimate of drug-likeness (QED) is 0.525. The fraction of sp³-hybridized carbons (Fsp3) is 0.714. The van der Waals surface area contributed by atoms with E-state index in [0.29, 0.717) is 12.4 Å². The number of nitrogens with zero attached hydrogens (tertiary/aromatic N) is 2. The first-order chi connectivity index (χ1) is 9.40. The van der Waals surface area contributed by atoms with Crippen LogP contribution in [0.4, 0.5) is 11.6 Å². The van der Waals surface area contributed by atoms with E-state index in [9.17, 15) is 0 Å². The molecule has 1 rings (SSSR count). The summed E-state index contributed by atoms with van der Waals surface area (Å²) in [5, 5.41) is 3.40. The number of ether oxygens (including phenoxy) is 1. The van der Waals surface area contributed by atoms with Crippen LogP contribution in [0.2, 0.25) is 0 Å². The van der Waals surface area contributed by atoms with Gasteiger partial charge in [0.15, 0.2) is 0 Å². The highest BCUT2D eigenvalue weighted by atomic mass is 16.5. The highest BCUT2D eigenvalue weighted by Crippen LogP contribution is 2.22. The predicted octanol–water partition coefficient (Wildman–Crippen LogP) is 2.29. The van der Waals surface area contributed by atoms with Gasteiger partial charge in [-0.3, -0.25) is 0 Å². The molecule has 1 aromatic heterocycles. The lowest BCUT2D eigenvalue weighted by Gasteiger charge is -2.22. The third-order valence-electron chi connectivity index (χ3n) is 2.90. The summed E-state index contributed by atoms with van der Waals surface area (Å²) in [5.74, 6) is 7.62. The minimum atomic E-state index is -0.134. The fourth-order valence-corrected chi connectivity index (χ4v) is 1.89. The monoisotopic (exact) mass is 281 g/mol. The summed E-state index contributed by atoms with van der Waals surface area (Å²) < 4.78 is 5.24. The SMILES string of the molecule is CCCC(COC)Nc1cc(NN)nc(C(C)(C)C)n1. The van der Waals surface area contributed by atoms with Gasteiger partial charge in [0.1, 0.15) is 17.5 Å². The summed E-state index contributed by atoms with van der Waals surface area (Å²) in [5.41, 5.74) is 2.46. The Labute approximate surface area is 121 Å². The van der Waals surface area contributed by atoms with Crippen LogP contribution in [-0.2, 0) is 10.2 Å². The summed E-state index contributed by atoms with van der Waals surface area (Å²) >= 11 is 0. The zero-order chi connectivity index (χ0) is 15.2. The Morgan fingerprint density at radius 1 is 1.30 bits per heavy atom. The highest BCUT2D eigenvalue weighted by molar-refractivity contribution is 5.48. The maximum Gasteiger partial charge on any atom is 0.145 e. The van der Waals surface area contributed by atoms with E-state index >= 15 is 0 Å². The van der Waals surface area contributed by atoms with Crippen LogP contribution in [0.15, 0.2) is 6.07 Å². The minimum absolute atomic E-state index is 0.134. The van der Waals surface area contributed by atoms with Crippen LogP contribution < -0.4 is 16.6 Å². The van der Waals surface area contributed by atoms with Gasteiger partial charge >= 0.3 is 0 Å². The third kappa shape index (κ3) is 4.94. The Morgan fingerprint density at radius 2 is 1.95 bits per heavy atom. The van der Waals surface area contributed by atoms with E-state index in [4.69, 9.17) is 10.6 Å². The zero-order valence-electron chi connectivity index (χ0n) is 13.2. The van der Waals surface area contributed by atoms with Gasteiger partial charge in [-0.2, -0.15) is 0 Å². The molecule has 0 aliphatic rings. The summed E-state index contributed by atoms with van der Waals surface area (Å²) in [7, 11) is 1.71. The van der Waals surface area contributed by atoms with Gasteiger partial charge in [-0.15, -0.1) is 0 Å². The van der Waals surface area contributed by atoms with E-state index in [2.05, 4.69) is 48.4 Å². The van der Waals surface area contributed by atoms with Crippen LogP contribution in [0.5, 0.6) is 0 Å². The van der Waals surface area contributed by atoms with Crippen LogP contribution in [0, 0.1) is 0 Å². The van der Waals surface area contributed by atoms with Crippen molar-refractivity contribution < 1.29 is 4.74 Å². The number of anilines is 2. The van der Waals surface area contributed by atoms with E-state index in [-0.39, 0.29) is 11.5 Å². The van der Waals surface area contributed by atoms with Crippen LogP contribution in [0.1, 0.15) is 46.4 Å². The maximum absolute atomic E-state index is 5.49. The normalized spacial score (nSPS) is 13.1. The molecule has 0 fully saturated rings. The number of methoxy groups -OCH3 is 1. The third-order valence-corrected chi connectivity index (χ3v) is 2.90. The smallest absolute Gasteiger partial charge is 0.145 e. The largest absolute Gasteiger partial charge is 0.383 e. The molecule has 1 heterocycles. The van der Waals surface area contributed by atoms with Gasteiger partial charge in [-0.05, 0) is 6.42 Å². The Bertz CT molecular complexity index is 411. The number of hydrazine groups is 1. The van der Waals surface area contributed by atoms with E-state index < -0.39 is 0 Å². The van der Waals surface area contributed by atoms with Gasteiger partial charge in [0.25, 0.3) is 0 Å². The second-order valence-corrected chi connectivity index (χ2v) is 5.94. The molecule has 1 unspecified atom stereocenters. The van der Waals surface area contributed by atoms with Gasteiger partial charge in [-0.1, -0.05) is 34.1 Å². The number of nitrogens with two attached hydrogens (primary N) is 1. The number of rotatable bonds is 7. The van der Waals surface area contributed by atoms with Crippen molar-refractivity contribution in [2.45, 2.75) is 52.0 Å². The molecule has 0 amide bonds. The van der Waals surface area contributed by atoms with Gasteiger partial charge < -0.3 is 15.5 Å². The molecule has 0 spiro atoms. The first kappa shape index (κ1) is 16.7. The van der Waals surface area contributed by atoms with Crippen LogP contribution in [0.3, 0.4) is 0 Å². The Hall–Kier alpha value is -1.40. The van der Waals surface area contributed by atoms with Crippen LogP contribution in [-0.4, -0.2) is 29.7 Å². The predicted molar refractivity (Wildman–Crippen MR) is 82.7 cm³/mol. The number of hydrogen-bond acceptors (Lipinski definition) is 6. The van der Waals surface area contributed by atoms with Crippen LogP contribution >= 0.6 is 0 Å². The lowest BCUT2D eigenvalue weighted by atomic mass is 9.96. The Morgan fingerprint density at radius 3 is 2.45 bits per heavy atom. The summed E-state index contributed by atoms with van der Waals surface area (Å²) in [6, 6.07) is 2.05. The van der Waals surface area contributed by atoms with E-state index in [1.165, 1.54) is 0 Å². The second kappa shape index (κ2) is 7.40. The molecule has 0 aliphatic heterocycles. The highest BCUT2D eigenvalue weighted by Gasteiger charge is 2.19. The molecular weight excluding hydrogens is 254 g/mol. The molecule has 114 valence electrons. The second-order valence-electron chi connectivity index (χ2n) is 5.94. The Kier molecular flexibility index (Phi) is 6.16. The van der Waals surface area contributed by atoms with Crippen molar-refractivity contribution in [2.24, 2.45) is 5.84 Å². The van der Waals surface area contributed by atoms with E-state index in [0.717, 1.165) is 24.5 Å². The summed E-state index contributed by atoms with van der Waals surface area (Å²) in [6.07, 6.45) is 2.11. The van der Waals surface area contributed by atoms with Crippen molar-refractivity contribution in [2.75, 3.05) is 24.5 Å². The molecule has 0 saturated carbocycles. The molecule has 0 aromatic carbocycles. The molecule has 1 atom stereocenters. The minimum Gasteiger partial charge on any atom is -0.383 e. The summed E-state index contributed by atoms with van der Waals surface area (Å²) in [6.45, 7) is 9.02. The topological polar surface area (TPSA) is 85.1 Å². The average Bonchev–Trinajstić information content (AvgIpc) is 2.38. The molecule has 0 bridgehead atoms. The molecule has 0 radical (unpaired) electrons. The van der Waals surface area contributed by atoms with Crippen molar-refractivity contribution in [3.63, 3.8) is 0 Å². The van der Waals surface area contributed by atoms with Gasteiger partial charge in [-0.25, -0.2) is 15.8 Å². The fourth-order valence-electron chi connectivity index (χ4n) is 1.89. The molecule has 0 saturated heterocycles. The zero-order valence-corrected chi connectivity index (χ0v) is 13.2. The van der Waals surface area contributed by atoms with Crippen molar-refractivity contribution in [3.8, 4) is 0 Å². The van der Waals surface area contributed by atoms with E-state index in [1.807, 2.05) is 6.07 Å². The number of aromatic nitrogens is 2. The molecule has 4 N–H and O–H groups in total. The van der Waals surface area contributed by atoms with Gasteiger partial charge in [0.2, 0.25) is 0 Å². The molecule has 20 heavy (non-hydrogen) atoms. The van der Waals surface area contributed by atoms with Crippen molar-refractivity contribution in [3.05, 3.63) is 11.9 Å². The van der Waals surface area contributed by atoms with Crippen LogP contribution in [0.25, 0.3) is 0 Å². The van der Waals surface area contributed by atoms with E-state index in [1.54, 1.807) is 7.11 Å². The molecule has 6 nitrogen and oxygen atoms in total. The van der Waals surface area contributed by atoms with Crippen molar-refractivity contribution in [1.82, 2.24) is 9.97 Å². The first-order valence-corrected chi connectivity index (χ1v) is 7.02. The van der Waals surface area contributed by atoms with Crippen molar-refractivity contribution >= 4 is 11.6 Å². The molecule has 6 heteroatoms. The number of hydrogen-bond donors (Lipinski definition) is 3. The lowest BCUT2D eigenvalue weighted by Crippen LogP contribution is -2.27. The summed E-state index contributed by atoms with van der Waals surface area (Å²) in [4.78, 5) is 8.99. The van der Waals surface area contributed by atoms with Crippen molar-refractivity contribution in [1.29, 1.82) is 0 Å². The molecular formula is C14H27N5O. The first-order valence-electron chi connectivity index (χ1n) is 7.02. The standard InChI is InChI=1S/C14H27N5O/c1-6-7-10(9-20-5)16-11-8-12(19-15)18-13(17-11)14(2,3)4/h8,10H,6-7,9,15H2,1-5H3,(H2,16,17,18,19). The van der Waals surface area contributed by atoms with Gasteiger partial charge in [0, 0.05) is 18.6 Å². The average molecular weight is 281 g/mol. The maximum atomic E-state index is 5.49. The Balaban J connectivity index is 2.98. The lowest BCUT2D eigenvalue weighted by molar-refractivity contribution is 0.182. The number of nitrogens with one attached hydrogen (secondary N) is 2. The van der Waals surface area contributed by atoms with Gasteiger partial charge in [0.05, 0.1) is 12.6 Å².